The lowest BCUT2D eigenvalue weighted by atomic mass is 9.91. The molecule has 2 heterocycles. The molecule has 1 aliphatic carbocycles. The summed E-state index contributed by atoms with van der Waals surface area (Å²) >= 11 is 1.64. The average molecular weight is 310 g/mol. The van der Waals surface area contributed by atoms with Crippen LogP contribution in [0.15, 0.2) is 41.8 Å². The van der Waals surface area contributed by atoms with Crippen LogP contribution in [-0.2, 0) is 24.1 Å². The van der Waals surface area contributed by atoms with Crippen LogP contribution in [0.3, 0.4) is 0 Å². The van der Waals surface area contributed by atoms with Gasteiger partial charge in [0.05, 0.1) is 6.42 Å². The number of fused-ring (bicyclic) bond motifs is 3. The summed E-state index contributed by atoms with van der Waals surface area (Å²) in [7, 11) is 0. The molecule has 2 N–H and O–H groups in total. The molecule has 0 radical (unpaired) electrons. The third kappa shape index (κ3) is 2.55. The van der Waals surface area contributed by atoms with Gasteiger partial charge in [0.25, 0.3) is 0 Å². The molecule has 1 aromatic carbocycles. The molecule has 3 nitrogen and oxygen atoms in total. The fraction of sp³-hybridized carbons (Fsp3) is 0.278. The molecule has 3 aromatic rings. The van der Waals surface area contributed by atoms with E-state index in [2.05, 4.69) is 34.6 Å². The number of thiophene rings is 1. The summed E-state index contributed by atoms with van der Waals surface area (Å²) in [6.07, 6.45) is 3.44. The zero-order valence-electron chi connectivity index (χ0n) is 12.3. The van der Waals surface area contributed by atoms with Crippen LogP contribution in [0.2, 0.25) is 0 Å². The Kier molecular flexibility index (Phi) is 3.47. The Morgan fingerprint density at radius 1 is 1.27 bits per heavy atom. The molecule has 2 aromatic heterocycles. The first-order valence-corrected chi connectivity index (χ1v) is 8.58. The average Bonchev–Trinajstić information content (AvgIpc) is 3.14. The molecule has 1 aliphatic rings. The maximum Gasteiger partial charge on any atom is 0.225 e. The Bertz CT molecular complexity index is 804. The summed E-state index contributed by atoms with van der Waals surface area (Å²) in [6, 6.07) is 12.7. The SMILES string of the molecule is O=C(Cc1cccs1)NC1CCc2[nH]c3ccccc3c2C1. The number of para-hydroxylation sites is 1. The van der Waals surface area contributed by atoms with Crippen LogP contribution in [-0.4, -0.2) is 16.9 Å². The number of amides is 1. The van der Waals surface area contributed by atoms with E-state index in [1.807, 2.05) is 17.5 Å². The first-order valence-electron chi connectivity index (χ1n) is 7.70. The van der Waals surface area contributed by atoms with Gasteiger partial charge < -0.3 is 10.3 Å². The van der Waals surface area contributed by atoms with E-state index < -0.39 is 0 Å². The van der Waals surface area contributed by atoms with Gasteiger partial charge in [0, 0.05) is 27.5 Å². The largest absolute Gasteiger partial charge is 0.358 e. The minimum atomic E-state index is 0.135. The number of rotatable bonds is 3. The number of hydrogen-bond donors (Lipinski definition) is 2. The third-order valence-corrected chi connectivity index (χ3v) is 5.25. The fourth-order valence-electron chi connectivity index (χ4n) is 3.34. The number of benzene rings is 1. The van der Waals surface area contributed by atoms with Crippen LogP contribution in [0.5, 0.6) is 0 Å². The minimum Gasteiger partial charge on any atom is -0.358 e. The molecule has 4 heteroatoms. The lowest BCUT2D eigenvalue weighted by Gasteiger charge is -2.23. The maximum absolute atomic E-state index is 12.2. The van der Waals surface area contributed by atoms with Gasteiger partial charge >= 0.3 is 0 Å². The Balaban J connectivity index is 1.48. The van der Waals surface area contributed by atoms with E-state index >= 15 is 0 Å². The monoisotopic (exact) mass is 310 g/mol. The van der Waals surface area contributed by atoms with Gasteiger partial charge in [0.2, 0.25) is 5.91 Å². The summed E-state index contributed by atoms with van der Waals surface area (Å²) in [6.45, 7) is 0. The van der Waals surface area contributed by atoms with E-state index in [4.69, 9.17) is 0 Å². The smallest absolute Gasteiger partial charge is 0.225 e. The van der Waals surface area contributed by atoms with Crippen molar-refractivity contribution < 1.29 is 4.79 Å². The molecule has 112 valence electrons. The van der Waals surface area contributed by atoms with E-state index in [9.17, 15) is 4.79 Å². The van der Waals surface area contributed by atoms with Crippen LogP contribution in [0, 0.1) is 0 Å². The van der Waals surface area contributed by atoms with Crippen LogP contribution >= 0.6 is 11.3 Å². The van der Waals surface area contributed by atoms with Crippen molar-refractivity contribution in [2.24, 2.45) is 0 Å². The number of nitrogens with one attached hydrogen (secondary N) is 2. The molecular weight excluding hydrogens is 292 g/mol. The molecule has 0 spiro atoms. The van der Waals surface area contributed by atoms with Gasteiger partial charge in [-0.15, -0.1) is 11.3 Å². The molecule has 1 amide bonds. The summed E-state index contributed by atoms with van der Waals surface area (Å²) in [4.78, 5) is 16.8. The molecule has 0 bridgehead atoms. The number of hydrogen-bond acceptors (Lipinski definition) is 2. The zero-order chi connectivity index (χ0) is 14.9. The highest BCUT2D eigenvalue weighted by Gasteiger charge is 2.23. The molecule has 22 heavy (non-hydrogen) atoms. The molecule has 0 fully saturated rings. The van der Waals surface area contributed by atoms with Crippen LogP contribution < -0.4 is 5.32 Å². The molecular formula is C18H18N2OS. The highest BCUT2D eigenvalue weighted by molar-refractivity contribution is 7.10. The number of carbonyl (C=O) groups is 1. The lowest BCUT2D eigenvalue weighted by Crippen LogP contribution is -2.39. The Morgan fingerprint density at radius 2 is 2.18 bits per heavy atom. The van der Waals surface area contributed by atoms with Gasteiger partial charge in [-0.2, -0.15) is 0 Å². The molecule has 1 unspecified atom stereocenters. The van der Waals surface area contributed by atoms with Crippen molar-refractivity contribution in [3.8, 4) is 0 Å². The van der Waals surface area contributed by atoms with Crippen molar-refractivity contribution in [1.29, 1.82) is 0 Å². The van der Waals surface area contributed by atoms with E-state index in [1.165, 1.54) is 22.2 Å². The number of H-pyrrole nitrogens is 1. The van der Waals surface area contributed by atoms with Gasteiger partial charge in [-0.05, 0) is 42.3 Å². The lowest BCUT2D eigenvalue weighted by molar-refractivity contribution is -0.121. The summed E-state index contributed by atoms with van der Waals surface area (Å²) in [5.74, 6) is 0.135. The van der Waals surface area contributed by atoms with Gasteiger partial charge in [0.15, 0.2) is 0 Å². The first kappa shape index (κ1) is 13.6. The van der Waals surface area contributed by atoms with E-state index in [0.29, 0.717) is 6.42 Å². The first-order chi connectivity index (χ1) is 10.8. The van der Waals surface area contributed by atoms with Gasteiger partial charge in [-0.25, -0.2) is 0 Å². The zero-order valence-corrected chi connectivity index (χ0v) is 13.1. The van der Waals surface area contributed by atoms with Gasteiger partial charge in [-0.1, -0.05) is 24.3 Å². The van der Waals surface area contributed by atoms with Gasteiger partial charge in [-0.3, -0.25) is 4.79 Å². The van der Waals surface area contributed by atoms with Crippen LogP contribution in [0.4, 0.5) is 0 Å². The number of aromatic nitrogens is 1. The topological polar surface area (TPSA) is 44.9 Å². The molecule has 0 saturated carbocycles. The highest BCUT2D eigenvalue weighted by atomic mass is 32.1. The number of aromatic amines is 1. The Morgan fingerprint density at radius 3 is 3.05 bits per heavy atom. The highest BCUT2D eigenvalue weighted by Crippen LogP contribution is 2.29. The van der Waals surface area contributed by atoms with E-state index in [-0.39, 0.29) is 11.9 Å². The van der Waals surface area contributed by atoms with Crippen LogP contribution in [0.25, 0.3) is 10.9 Å². The Hall–Kier alpha value is -2.07. The molecule has 0 aliphatic heterocycles. The van der Waals surface area contributed by atoms with Crippen molar-refractivity contribution in [3.05, 3.63) is 57.9 Å². The second-order valence-corrected chi connectivity index (χ2v) is 6.92. The van der Waals surface area contributed by atoms with E-state index in [0.717, 1.165) is 24.1 Å². The minimum absolute atomic E-state index is 0.135. The molecule has 0 saturated heterocycles. The van der Waals surface area contributed by atoms with Crippen molar-refractivity contribution >= 4 is 28.1 Å². The van der Waals surface area contributed by atoms with E-state index in [1.54, 1.807) is 11.3 Å². The summed E-state index contributed by atoms with van der Waals surface area (Å²) in [5.41, 5.74) is 3.92. The van der Waals surface area contributed by atoms with Crippen LogP contribution in [0.1, 0.15) is 22.6 Å². The normalized spacial score (nSPS) is 17.4. The third-order valence-electron chi connectivity index (χ3n) is 4.38. The van der Waals surface area contributed by atoms with Crippen molar-refractivity contribution in [2.75, 3.05) is 0 Å². The predicted molar refractivity (Wildman–Crippen MR) is 90.3 cm³/mol. The van der Waals surface area contributed by atoms with Crippen molar-refractivity contribution in [3.63, 3.8) is 0 Å². The number of carbonyl (C=O) groups excluding carboxylic acids is 1. The quantitative estimate of drug-likeness (QED) is 0.764. The Labute approximate surface area is 133 Å². The maximum atomic E-state index is 12.2. The fourth-order valence-corrected chi connectivity index (χ4v) is 4.05. The molecule has 1 atom stereocenters. The predicted octanol–water partition coefficient (Wildman–Crippen LogP) is 3.45. The van der Waals surface area contributed by atoms with Gasteiger partial charge in [0.1, 0.15) is 0 Å². The standard InChI is InChI=1S/C18H18N2OS/c21-18(11-13-4-3-9-22-13)19-12-7-8-17-15(10-12)14-5-1-2-6-16(14)20-17/h1-6,9,12,20H,7-8,10-11H2,(H,19,21). The second-order valence-electron chi connectivity index (χ2n) is 5.89. The molecule has 4 rings (SSSR count). The summed E-state index contributed by atoms with van der Waals surface area (Å²) in [5, 5.41) is 6.52. The van der Waals surface area contributed by atoms with Crippen molar-refractivity contribution in [1.82, 2.24) is 10.3 Å². The second kappa shape index (κ2) is 5.61. The number of aryl methyl sites for hydroxylation is 1. The summed E-state index contributed by atoms with van der Waals surface area (Å²) < 4.78 is 0. The van der Waals surface area contributed by atoms with Crippen molar-refractivity contribution in [2.45, 2.75) is 31.7 Å².